The molecule has 0 unspecified atom stereocenters. The quantitative estimate of drug-likeness (QED) is 0.422. The van der Waals surface area contributed by atoms with Gasteiger partial charge in [0.1, 0.15) is 17.0 Å². The van der Waals surface area contributed by atoms with E-state index in [4.69, 9.17) is 4.42 Å². The number of pyridine rings is 1. The number of anilines is 1. The Labute approximate surface area is 187 Å². The molecule has 1 aliphatic rings. The van der Waals surface area contributed by atoms with Gasteiger partial charge < -0.3 is 15.1 Å². The summed E-state index contributed by atoms with van der Waals surface area (Å²) in [6, 6.07) is 12.6. The number of aromatic nitrogens is 2. The van der Waals surface area contributed by atoms with Gasteiger partial charge in [-0.25, -0.2) is 4.98 Å². The van der Waals surface area contributed by atoms with E-state index in [1.165, 1.54) is 4.40 Å². The van der Waals surface area contributed by atoms with Crippen molar-refractivity contribution in [2.24, 2.45) is 0 Å². The highest BCUT2D eigenvalue weighted by atomic mass is 19.4. The highest BCUT2D eigenvalue weighted by molar-refractivity contribution is 5.99. The van der Waals surface area contributed by atoms with Crippen LogP contribution in [0.5, 0.6) is 0 Å². The fourth-order valence-electron chi connectivity index (χ4n) is 4.50. The smallest absolute Gasteiger partial charge is 0.434 e. The molecule has 0 aliphatic heterocycles. The third kappa shape index (κ3) is 4.15. The molecule has 172 valence electrons. The number of alkyl halides is 3. The average Bonchev–Trinajstić information content (AvgIpc) is 3.38. The van der Waals surface area contributed by atoms with Crippen molar-refractivity contribution >= 4 is 28.3 Å². The number of benzene rings is 1. The van der Waals surface area contributed by atoms with Gasteiger partial charge in [-0.15, -0.1) is 0 Å². The molecule has 0 saturated heterocycles. The summed E-state index contributed by atoms with van der Waals surface area (Å²) in [6.45, 7) is 1.88. The van der Waals surface area contributed by atoms with Crippen LogP contribution in [-0.2, 0) is 6.18 Å². The van der Waals surface area contributed by atoms with E-state index in [9.17, 15) is 18.0 Å². The van der Waals surface area contributed by atoms with Crippen LogP contribution < -0.4 is 10.6 Å². The molecular formula is C24H23F3N4O2. The molecule has 33 heavy (non-hydrogen) atoms. The molecule has 4 aromatic rings. The summed E-state index contributed by atoms with van der Waals surface area (Å²) in [4.78, 5) is 16.5. The Bertz CT molecular complexity index is 1320. The molecule has 0 atom stereocenters. The van der Waals surface area contributed by atoms with Crippen molar-refractivity contribution in [2.45, 2.75) is 50.9 Å². The number of furan rings is 1. The maximum absolute atomic E-state index is 13.0. The van der Waals surface area contributed by atoms with Crippen LogP contribution in [0, 0.1) is 6.92 Å². The lowest BCUT2D eigenvalue weighted by atomic mass is 9.91. The highest BCUT2D eigenvalue weighted by Gasteiger charge is 2.34. The van der Waals surface area contributed by atoms with Crippen LogP contribution in [0.25, 0.3) is 16.6 Å². The third-order valence-corrected chi connectivity index (χ3v) is 6.25. The number of carbonyl (C=O) groups is 1. The molecule has 2 N–H and O–H groups in total. The predicted octanol–water partition coefficient (Wildman–Crippen LogP) is 5.56. The van der Waals surface area contributed by atoms with Crippen LogP contribution >= 0.6 is 0 Å². The Hall–Kier alpha value is -3.49. The average molecular weight is 456 g/mol. The predicted molar refractivity (Wildman–Crippen MR) is 118 cm³/mol. The summed E-state index contributed by atoms with van der Waals surface area (Å²) < 4.78 is 46.3. The molecule has 0 radical (unpaired) electrons. The van der Waals surface area contributed by atoms with Crippen molar-refractivity contribution in [1.82, 2.24) is 14.7 Å². The first kappa shape index (κ1) is 21.4. The van der Waals surface area contributed by atoms with E-state index in [0.717, 1.165) is 42.8 Å². The number of carbonyl (C=O) groups excluding carboxylic acids is 1. The summed E-state index contributed by atoms with van der Waals surface area (Å²) in [7, 11) is 0. The fraction of sp³-hybridized carbons (Fsp3) is 0.333. The lowest BCUT2D eigenvalue weighted by Gasteiger charge is -2.30. The lowest BCUT2D eigenvalue weighted by molar-refractivity contribution is -0.140. The Morgan fingerprint density at radius 1 is 1.06 bits per heavy atom. The van der Waals surface area contributed by atoms with E-state index in [1.54, 1.807) is 18.2 Å². The zero-order chi connectivity index (χ0) is 23.2. The molecule has 1 aliphatic carbocycles. The van der Waals surface area contributed by atoms with E-state index in [-0.39, 0.29) is 23.6 Å². The van der Waals surface area contributed by atoms with Crippen LogP contribution in [0.4, 0.5) is 19.0 Å². The SMILES string of the molecule is Cc1c(C(=O)N[C@H]2CC[C@@H](Nc3cccc4nc(C(F)(F)F)cn34)CC2)oc2ccccc12. The van der Waals surface area contributed by atoms with E-state index in [2.05, 4.69) is 15.6 Å². The highest BCUT2D eigenvalue weighted by Crippen LogP contribution is 2.30. The molecule has 3 aromatic heterocycles. The first-order chi connectivity index (χ1) is 15.8. The van der Waals surface area contributed by atoms with Crippen LogP contribution in [0.2, 0.25) is 0 Å². The molecule has 1 aromatic carbocycles. The maximum atomic E-state index is 13.0. The van der Waals surface area contributed by atoms with E-state index in [0.29, 0.717) is 17.2 Å². The van der Waals surface area contributed by atoms with Crippen molar-refractivity contribution in [3.63, 3.8) is 0 Å². The lowest BCUT2D eigenvalue weighted by Crippen LogP contribution is -2.40. The Kier molecular flexibility index (Phi) is 5.26. The van der Waals surface area contributed by atoms with Gasteiger partial charge in [-0.3, -0.25) is 9.20 Å². The van der Waals surface area contributed by atoms with Crippen LogP contribution in [0.15, 0.2) is 53.1 Å². The Balaban J connectivity index is 1.22. The fourth-order valence-corrected chi connectivity index (χ4v) is 4.50. The maximum Gasteiger partial charge on any atom is 0.434 e. The second-order valence-corrected chi connectivity index (χ2v) is 8.48. The zero-order valence-electron chi connectivity index (χ0n) is 17.9. The molecule has 1 fully saturated rings. The largest absolute Gasteiger partial charge is 0.451 e. The minimum Gasteiger partial charge on any atom is -0.451 e. The number of imidazole rings is 1. The van der Waals surface area contributed by atoms with Gasteiger partial charge in [-0.2, -0.15) is 13.2 Å². The number of nitrogens with one attached hydrogen (secondary N) is 2. The van der Waals surface area contributed by atoms with Crippen LogP contribution in [0.3, 0.4) is 0 Å². The van der Waals surface area contributed by atoms with Gasteiger partial charge >= 0.3 is 6.18 Å². The standard InChI is InChI=1S/C24H23F3N4O2/c1-14-17-5-2-3-6-18(17)33-22(14)23(32)29-16-11-9-15(10-12-16)28-20-7-4-8-21-30-19(13-31(20)21)24(25,26)27/h2-8,13,15-16,28H,9-12H2,1H3,(H,29,32)/t15-,16+. The second kappa shape index (κ2) is 8.13. The number of nitrogens with zero attached hydrogens (tertiary/aromatic N) is 2. The van der Waals surface area contributed by atoms with Crippen molar-refractivity contribution in [1.29, 1.82) is 0 Å². The first-order valence-electron chi connectivity index (χ1n) is 10.9. The summed E-state index contributed by atoms with van der Waals surface area (Å²) in [6.07, 6.45) is -0.397. The Morgan fingerprint density at radius 2 is 1.79 bits per heavy atom. The number of halogens is 3. The van der Waals surface area contributed by atoms with Crippen molar-refractivity contribution < 1.29 is 22.4 Å². The molecule has 3 heterocycles. The molecule has 9 heteroatoms. The van der Waals surface area contributed by atoms with Crippen LogP contribution in [0.1, 0.15) is 47.5 Å². The van der Waals surface area contributed by atoms with E-state index < -0.39 is 11.9 Å². The van der Waals surface area contributed by atoms with Gasteiger partial charge in [-0.05, 0) is 50.8 Å². The summed E-state index contributed by atoms with van der Waals surface area (Å²) in [5.41, 5.74) is 0.846. The van der Waals surface area contributed by atoms with Crippen molar-refractivity contribution in [3.05, 3.63) is 65.7 Å². The molecule has 0 bridgehead atoms. The van der Waals surface area contributed by atoms with Gasteiger partial charge in [-0.1, -0.05) is 24.3 Å². The summed E-state index contributed by atoms with van der Waals surface area (Å²) >= 11 is 0. The summed E-state index contributed by atoms with van der Waals surface area (Å²) in [5.74, 6) is 0.688. The number of hydrogen-bond acceptors (Lipinski definition) is 4. The van der Waals surface area contributed by atoms with Gasteiger partial charge in [0.25, 0.3) is 5.91 Å². The third-order valence-electron chi connectivity index (χ3n) is 6.25. The topological polar surface area (TPSA) is 71.6 Å². The first-order valence-corrected chi connectivity index (χ1v) is 10.9. The van der Waals surface area contributed by atoms with Crippen LogP contribution in [-0.4, -0.2) is 27.4 Å². The molecule has 6 nitrogen and oxygen atoms in total. The normalized spacial score (nSPS) is 19.2. The van der Waals surface area contributed by atoms with Gasteiger partial charge in [0.15, 0.2) is 11.5 Å². The second-order valence-electron chi connectivity index (χ2n) is 8.48. The van der Waals surface area contributed by atoms with Gasteiger partial charge in [0.05, 0.1) is 0 Å². The number of fused-ring (bicyclic) bond motifs is 2. The molecule has 5 rings (SSSR count). The molecule has 1 amide bonds. The van der Waals surface area contributed by atoms with Crippen molar-refractivity contribution in [3.8, 4) is 0 Å². The van der Waals surface area contributed by atoms with Crippen molar-refractivity contribution in [2.75, 3.05) is 5.32 Å². The molecule has 0 spiro atoms. The minimum atomic E-state index is -4.49. The Morgan fingerprint density at radius 3 is 2.52 bits per heavy atom. The number of aryl methyl sites for hydroxylation is 1. The van der Waals surface area contributed by atoms with E-state index >= 15 is 0 Å². The van der Waals surface area contributed by atoms with E-state index in [1.807, 2.05) is 31.2 Å². The number of hydrogen-bond donors (Lipinski definition) is 2. The monoisotopic (exact) mass is 456 g/mol. The molecule has 1 saturated carbocycles. The number of para-hydroxylation sites is 1. The summed E-state index contributed by atoms with van der Waals surface area (Å²) in [5, 5.41) is 7.34. The molecular weight excluding hydrogens is 433 g/mol. The minimum absolute atomic E-state index is 0.0176. The number of rotatable bonds is 4. The zero-order valence-corrected chi connectivity index (χ0v) is 17.9. The van der Waals surface area contributed by atoms with Gasteiger partial charge in [0.2, 0.25) is 0 Å². The van der Waals surface area contributed by atoms with Gasteiger partial charge in [0, 0.05) is 29.2 Å². The number of amides is 1.